The van der Waals surface area contributed by atoms with Crippen molar-refractivity contribution in [2.24, 2.45) is 11.7 Å². The lowest BCUT2D eigenvalue weighted by molar-refractivity contribution is 0.0677. The molecular formula is C16H24N2O4. The molecule has 6 nitrogen and oxygen atoms in total. The van der Waals surface area contributed by atoms with Gasteiger partial charge in [0.15, 0.2) is 11.5 Å². The van der Waals surface area contributed by atoms with Crippen LogP contribution in [-0.2, 0) is 0 Å². The SMILES string of the molecule is COc1cc(C(=O)N2CCCC(CN)C2)cc(OC)c1OC. The Morgan fingerprint density at radius 3 is 2.36 bits per heavy atom. The summed E-state index contributed by atoms with van der Waals surface area (Å²) in [6, 6.07) is 3.38. The number of likely N-dealkylation sites (tertiary alicyclic amines) is 1. The third kappa shape index (κ3) is 3.27. The zero-order chi connectivity index (χ0) is 16.1. The molecule has 122 valence electrons. The number of methoxy groups -OCH3 is 3. The normalized spacial score (nSPS) is 18.0. The Balaban J connectivity index is 2.29. The molecular weight excluding hydrogens is 284 g/mol. The van der Waals surface area contributed by atoms with Gasteiger partial charge < -0.3 is 24.8 Å². The predicted octanol–water partition coefficient (Wildman–Crippen LogP) is 1.52. The van der Waals surface area contributed by atoms with Gasteiger partial charge in [-0.15, -0.1) is 0 Å². The van der Waals surface area contributed by atoms with Crippen LogP contribution in [-0.4, -0.2) is 51.8 Å². The van der Waals surface area contributed by atoms with E-state index in [1.165, 1.54) is 14.2 Å². The summed E-state index contributed by atoms with van der Waals surface area (Å²) in [5.74, 6) is 1.80. The molecule has 2 N–H and O–H groups in total. The topological polar surface area (TPSA) is 74.0 Å². The summed E-state index contributed by atoms with van der Waals surface area (Å²) >= 11 is 0. The van der Waals surface area contributed by atoms with E-state index in [0.717, 1.165) is 19.4 Å². The fraction of sp³-hybridized carbons (Fsp3) is 0.562. The van der Waals surface area contributed by atoms with E-state index in [0.29, 0.717) is 41.8 Å². The molecule has 0 spiro atoms. The van der Waals surface area contributed by atoms with Gasteiger partial charge in [-0.2, -0.15) is 0 Å². The highest BCUT2D eigenvalue weighted by atomic mass is 16.5. The van der Waals surface area contributed by atoms with Crippen LogP contribution in [0.3, 0.4) is 0 Å². The van der Waals surface area contributed by atoms with Gasteiger partial charge in [-0.1, -0.05) is 0 Å². The molecule has 0 aliphatic carbocycles. The number of nitrogens with zero attached hydrogens (tertiary/aromatic N) is 1. The zero-order valence-corrected chi connectivity index (χ0v) is 13.4. The maximum absolute atomic E-state index is 12.7. The summed E-state index contributed by atoms with van der Waals surface area (Å²) in [6.45, 7) is 2.07. The number of rotatable bonds is 5. The lowest BCUT2D eigenvalue weighted by atomic mass is 9.97. The van der Waals surface area contributed by atoms with Gasteiger partial charge >= 0.3 is 0 Å². The number of piperidine rings is 1. The first-order valence-electron chi connectivity index (χ1n) is 7.43. The Hall–Kier alpha value is -1.95. The highest BCUT2D eigenvalue weighted by molar-refractivity contribution is 5.95. The lowest BCUT2D eigenvalue weighted by Crippen LogP contribution is -2.42. The molecule has 0 bridgehead atoms. The van der Waals surface area contributed by atoms with Crippen molar-refractivity contribution < 1.29 is 19.0 Å². The Morgan fingerprint density at radius 2 is 1.86 bits per heavy atom. The predicted molar refractivity (Wildman–Crippen MR) is 83.8 cm³/mol. The largest absolute Gasteiger partial charge is 0.493 e. The van der Waals surface area contributed by atoms with E-state index in [4.69, 9.17) is 19.9 Å². The lowest BCUT2D eigenvalue weighted by Gasteiger charge is -2.32. The fourth-order valence-electron chi connectivity index (χ4n) is 2.83. The van der Waals surface area contributed by atoms with Crippen LogP contribution in [0.2, 0.25) is 0 Å². The number of benzene rings is 1. The molecule has 1 aromatic rings. The number of carbonyl (C=O) groups excluding carboxylic acids is 1. The molecule has 1 unspecified atom stereocenters. The van der Waals surface area contributed by atoms with Crippen LogP contribution in [0, 0.1) is 5.92 Å². The summed E-state index contributed by atoms with van der Waals surface area (Å²) < 4.78 is 15.9. The van der Waals surface area contributed by atoms with Gasteiger partial charge in [0.05, 0.1) is 21.3 Å². The van der Waals surface area contributed by atoms with Crippen molar-refractivity contribution in [2.75, 3.05) is 41.0 Å². The molecule has 6 heteroatoms. The van der Waals surface area contributed by atoms with E-state index < -0.39 is 0 Å². The molecule has 1 aromatic carbocycles. The van der Waals surface area contributed by atoms with Gasteiger partial charge in [0.25, 0.3) is 5.91 Å². The molecule has 0 radical (unpaired) electrons. The molecule has 1 aliphatic heterocycles. The van der Waals surface area contributed by atoms with Crippen LogP contribution in [0.25, 0.3) is 0 Å². The van der Waals surface area contributed by atoms with E-state index in [9.17, 15) is 4.79 Å². The molecule has 1 amide bonds. The average molecular weight is 308 g/mol. The maximum Gasteiger partial charge on any atom is 0.254 e. The number of nitrogens with two attached hydrogens (primary N) is 1. The summed E-state index contributed by atoms with van der Waals surface area (Å²) in [6.07, 6.45) is 2.06. The van der Waals surface area contributed by atoms with Crippen LogP contribution in [0.15, 0.2) is 12.1 Å². The highest BCUT2D eigenvalue weighted by Crippen LogP contribution is 2.38. The first-order chi connectivity index (χ1) is 10.6. The van der Waals surface area contributed by atoms with Crippen molar-refractivity contribution in [1.29, 1.82) is 0 Å². The molecule has 0 saturated carbocycles. The molecule has 22 heavy (non-hydrogen) atoms. The van der Waals surface area contributed by atoms with Crippen molar-refractivity contribution in [2.45, 2.75) is 12.8 Å². The molecule has 1 atom stereocenters. The number of amides is 1. The van der Waals surface area contributed by atoms with Crippen LogP contribution in [0.1, 0.15) is 23.2 Å². The van der Waals surface area contributed by atoms with E-state index in [2.05, 4.69) is 0 Å². The van der Waals surface area contributed by atoms with Crippen molar-refractivity contribution in [1.82, 2.24) is 4.90 Å². The van der Waals surface area contributed by atoms with Gasteiger partial charge in [0, 0.05) is 18.7 Å². The van der Waals surface area contributed by atoms with Crippen molar-refractivity contribution in [3.63, 3.8) is 0 Å². The third-order valence-electron chi connectivity index (χ3n) is 4.05. The quantitative estimate of drug-likeness (QED) is 0.893. The first-order valence-corrected chi connectivity index (χ1v) is 7.43. The molecule has 0 aromatic heterocycles. The van der Waals surface area contributed by atoms with Gasteiger partial charge in [-0.3, -0.25) is 4.79 Å². The van der Waals surface area contributed by atoms with Gasteiger partial charge in [0.1, 0.15) is 0 Å². The van der Waals surface area contributed by atoms with Gasteiger partial charge in [-0.25, -0.2) is 0 Å². The molecule has 1 saturated heterocycles. The summed E-state index contributed by atoms with van der Waals surface area (Å²) in [5, 5.41) is 0. The second kappa shape index (κ2) is 7.35. The summed E-state index contributed by atoms with van der Waals surface area (Å²) in [7, 11) is 4.62. The van der Waals surface area contributed by atoms with Crippen molar-refractivity contribution in [3.8, 4) is 17.2 Å². The minimum Gasteiger partial charge on any atom is -0.493 e. The second-order valence-corrected chi connectivity index (χ2v) is 5.41. The highest BCUT2D eigenvalue weighted by Gasteiger charge is 2.25. The molecule has 1 fully saturated rings. The Morgan fingerprint density at radius 1 is 1.23 bits per heavy atom. The van der Waals surface area contributed by atoms with E-state index in [1.807, 2.05) is 4.90 Å². The number of hydrogen-bond donors (Lipinski definition) is 1. The number of carbonyl (C=O) groups is 1. The second-order valence-electron chi connectivity index (χ2n) is 5.41. The maximum atomic E-state index is 12.7. The van der Waals surface area contributed by atoms with E-state index in [-0.39, 0.29) is 5.91 Å². The third-order valence-corrected chi connectivity index (χ3v) is 4.05. The Kier molecular flexibility index (Phi) is 5.49. The average Bonchev–Trinajstić information content (AvgIpc) is 2.59. The van der Waals surface area contributed by atoms with Crippen molar-refractivity contribution >= 4 is 5.91 Å². The summed E-state index contributed by atoms with van der Waals surface area (Å²) in [5.41, 5.74) is 6.27. The molecule has 1 aliphatic rings. The number of hydrogen-bond acceptors (Lipinski definition) is 5. The van der Waals surface area contributed by atoms with Crippen LogP contribution >= 0.6 is 0 Å². The minimum atomic E-state index is -0.0302. The smallest absolute Gasteiger partial charge is 0.254 e. The van der Waals surface area contributed by atoms with Gasteiger partial charge in [0.2, 0.25) is 5.75 Å². The Labute approximate surface area is 131 Å². The molecule has 2 rings (SSSR count). The van der Waals surface area contributed by atoms with Gasteiger partial charge in [-0.05, 0) is 37.4 Å². The van der Waals surface area contributed by atoms with Crippen LogP contribution < -0.4 is 19.9 Å². The fourth-order valence-corrected chi connectivity index (χ4v) is 2.83. The molecule has 1 heterocycles. The summed E-state index contributed by atoms with van der Waals surface area (Å²) in [4.78, 5) is 14.6. The van der Waals surface area contributed by atoms with E-state index in [1.54, 1.807) is 19.2 Å². The van der Waals surface area contributed by atoms with Crippen LogP contribution in [0.4, 0.5) is 0 Å². The standard InChI is InChI=1S/C16H24N2O4/c1-20-13-7-12(8-14(21-2)15(13)22-3)16(19)18-6-4-5-11(9-17)10-18/h7-8,11H,4-6,9-10,17H2,1-3H3. The van der Waals surface area contributed by atoms with Crippen LogP contribution in [0.5, 0.6) is 17.2 Å². The Bertz CT molecular complexity index is 508. The number of ether oxygens (including phenoxy) is 3. The van der Waals surface area contributed by atoms with E-state index >= 15 is 0 Å². The van der Waals surface area contributed by atoms with Crippen molar-refractivity contribution in [3.05, 3.63) is 17.7 Å². The monoisotopic (exact) mass is 308 g/mol. The first kappa shape index (κ1) is 16.4. The minimum absolute atomic E-state index is 0.0302. The zero-order valence-electron chi connectivity index (χ0n) is 13.4.